The van der Waals surface area contributed by atoms with Gasteiger partial charge in [-0.25, -0.2) is 4.98 Å². The third kappa shape index (κ3) is 6.22. The Morgan fingerprint density at radius 1 is 1.15 bits per heavy atom. The molecule has 0 saturated carbocycles. The first-order valence-electron chi connectivity index (χ1n) is 10.4. The lowest BCUT2D eigenvalue weighted by atomic mass is 10.0. The van der Waals surface area contributed by atoms with Crippen LogP contribution in [0.2, 0.25) is 0 Å². The molecule has 0 spiro atoms. The van der Waals surface area contributed by atoms with Crippen LogP contribution in [0, 0.1) is 10.1 Å². The fourth-order valence-corrected chi connectivity index (χ4v) is 3.36. The van der Waals surface area contributed by atoms with E-state index in [-0.39, 0.29) is 11.6 Å². The van der Waals surface area contributed by atoms with E-state index >= 15 is 0 Å². The Balaban J connectivity index is 1.64. The van der Waals surface area contributed by atoms with Gasteiger partial charge in [-0.2, -0.15) is 0 Å². The van der Waals surface area contributed by atoms with Gasteiger partial charge in [0, 0.05) is 56.3 Å². The van der Waals surface area contributed by atoms with Crippen LogP contribution in [-0.2, 0) is 11.8 Å². The Labute approximate surface area is 191 Å². The highest BCUT2D eigenvalue weighted by Gasteiger charge is 2.22. The SMILES string of the molecule is COc1cc(OC)cc(C(NC(=O)CCCNc2ccc([N+](=O)[O-])cc2)c2nccn2C)c1. The van der Waals surface area contributed by atoms with Gasteiger partial charge in [0.25, 0.3) is 5.69 Å². The first-order chi connectivity index (χ1) is 15.9. The highest BCUT2D eigenvalue weighted by atomic mass is 16.6. The molecule has 0 fully saturated rings. The van der Waals surface area contributed by atoms with Crippen LogP contribution in [0.3, 0.4) is 0 Å². The minimum atomic E-state index is -0.482. The zero-order valence-corrected chi connectivity index (χ0v) is 18.8. The maximum Gasteiger partial charge on any atom is 0.269 e. The molecule has 10 heteroatoms. The number of non-ortho nitro benzene ring substituents is 1. The van der Waals surface area contributed by atoms with Crippen molar-refractivity contribution in [2.75, 3.05) is 26.1 Å². The van der Waals surface area contributed by atoms with Crippen LogP contribution < -0.4 is 20.1 Å². The van der Waals surface area contributed by atoms with Gasteiger partial charge in [0.1, 0.15) is 23.4 Å². The predicted molar refractivity (Wildman–Crippen MR) is 124 cm³/mol. The molecule has 0 aliphatic heterocycles. The molecule has 2 aromatic carbocycles. The number of nitrogens with one attached hydrogen (secondary N) is 2. The summed E-state index contributed by atoms with van der Waals surface area (Å²) in [5.74, 6) is 1.79. The third-order valence-corrected chi connectivity index (χ3v) is 5.12. The summed E-state index contributed by atoms with van der Waals surface area (Å²) < 4.78 is 12.6. The highest BCUT2D eigenvalue weighted by molar-refractivity contribution is 5.77. The van der Waals surface area contributed by atoms with Crippen molar-refractivity contribution in [2.24, 2.45) is 7.05 Å². The van der Waals surface area contributed by atoms with Crippen LogP contribution in [0.1, 0.15) is 30.3 Å². The van der Waals surface area contributed by atoms with E-state index in [0.29, 0.717) is 36.7 Å². The number of carbonyl (C=O) groups excluding carboxylic acids is 1. The topological polar surface area (TPSA) is 121 Å². The van der Waals surface area contributed by atoms with Gasteiger partial charge in [0.15, 0.2) is 0 Å². The fraction of sp³-hybridized carbons (Fsp3) is 0.304. The summed E-state index contributed by atoms with van der Waals surface area (Å²) in [4.78, 5) is 27.5. The molecule has 1 heterocycles. The number of imidazole rings is 1. The number of carbonyl (C=O) groups is 1. The van der Waals surface area contributed by atoms with Crippen molar-refractivity contribution in [3.63, 3.8) is 0 Å². The number of nitro benzene ring substituents is 1. The molecule has 1 unspecified atom stereocenters. The minimum Gasteiger partial charge on any atom is -0.497 e. The summed E-state index contributed by atoms with van der Waals surface area (Å²) in [7, 11) is 5.02. The number of amides is 1. The van der Waals surface area contributed by atoms with E-state index in [1.807, 2.05) is 29.9 Å². The minimum absolute atomic E-state index is 0.0365. The zero-order valence-electron chi connectivity index (χ0n) is 18.8. The van der Waals surface area contributed by atoms with Crippen LogP contribution in [0.4, 0.5) is 11.4 Å². The van der Waals surface area contributed by atoms with Crippen molar-refractivity contribution in [3.05, 3.63) is 76.4 Å². The maximum atomic E-state index is 12.8. The third-order valence-electron chi connectivity index (χ3n) is 5.12. The van der Waals surface area contributed by atoms with Gasteiger partial charge < -0.3 is 24.7 Å². The number of hydrogen-bond donors (Lipinski definition) is 2. The number of nitro groups is 1. The summed E-state index contributed by atoms with van der Waals surface area (Å²) in [5.41, 5.74) is 1.59. The molecule has 1 aromatic heterocycles. The molecule has 0 bridgehead atoms. The standard InChI is InChI=1S/C23H27N5O5/c1-27-12-11-25-23(27)22(16-13-19(32-2)15-20(14-16)33-3)26-21(29)5-4-10-24-17-6-8-18(9-7-17)28(30)31/h6-9,11-15,22,24H,4-5,10H2,1-3H3,(H,26,29). The van der Waals surface area contributed by atoms with Crippen LogP contribution in [0.5, 0.6) is 11.5 Å². The molecule has 2 N–H and O–H groups in total. The van der Waals surface area contributed by atoms with Gasteiger partial charge in [-0.3, -0.25) is 14.9 Å². The predicted octanol–water partition coefficient (Wildman–Crippen LogP) is 3.44. The van der Waals surface area contributed by atoms with Gasteiger partial charge in [0.2, 0.25) is 5.91 Å². The number of methoxy groups -OCH3 is 2. The number of anilines is 1. The molecule has 1 atom stereocenters. The summed E-state index contributed by atoms with van der Waals surface area (Å²) in [6, 6.07) is 11.1. The van der Waals surface area contributed by atoms with E-state index in [1.54, 1.807) is 38.6 Å². The molecule has 3 rings (SSSR count). The largest absolute Gasteiger partial charge is 0.497 e. The van der Waals surface area contributed by atoms with Crippen molar-refractivity contribution in [2.45, 2.75) is 18.9 Å². The Bertz CT molecular complexity index is 1070. The van der Waals surface area contributed by atoms with Gasteiger partial charge in [-0.15, -0.1) is 0 Å². The number of aromatic nitrogens is 2. The number of hydrogen-bond acceptors (Lipinski definition) is 7. The highest BCUT2D eigenvalue weighted by Crippen LogP contribution is 2.29. The lowest BCUT2D eigenvalue weighted by molar-refractivity contribution is -0.384. The number of nitrogens with zero attached hydrogens (tertiary/aromatic N) is 3. The second kappa shape index (κ2) is 11.0. The molecule has 1 amide bonds. The lowest BCUT2D eigenvalue weighted by Crippen LogP contribution is -2.31. The van der Waals surface area contributed by atoms with Gasteiger partial charge in [-0.1, -0.05) is 0 Å². The van der Waals surface area contributed by atoms with E-state index in [9.17, 15) is 14.9 Å². The Morgan fingerprint density at radius 3 is 2.36 bits per heavy atom. The van der Waals surface area contributed by atoms with Crippen LogP contribution in [0.15, 0.2) is 54.9 Å². The van der Waals surface area contributed by atoms with Gasteiger partial charge in [0.05, 0.1) is 19.1 Å². The quantitative estimate of drug-likeness (QED) is 0.259. The van der Waals surface area contributed by atoms with E-state index in [0.717, 1.165) is 11.3 Å². The van der Waals surface area contributed by atoms with Crippen molar-refractivity contribution in [3.8, 4) is 11.5 Å². The van der Waals surface area contributed by atoms with E-state index in [1.165, 1.54) is 12.1 Å². The molecule has 174 valence electrons. The van der Waals surface area contributed by atoms with Crippen LogP contribution in [0.25, 0.3) is 0 Å². The maximum absolute atomic E-state index is 12.8. The van der Waals surface area contributed by atoms with Crippen molar-refractivity contribution < 1.29 is 19.2 Å². The van der Waals surface area contributed by atoms with Crippen molar-refractivity contribution in [1.82, 2.24) is 14.9 Å². The second-order valence-corrected chi connectivity index (χ2v) is 7.38. The summed E-state index contributed by atoms with van der Waals surface area (Å²) in [6.45, 7) is 0.547. The average Bonchev–Trinajstić information content (AvgIpc) is 3.25. The number of aryl methyl sites for hydroxylation is 1. The molecule has 33 heavy (non-hydrogen) atoms. The van der Waals surface area contributed by atoms with Crippen molar-refractivity contribution >= 4 is 17.3 Å². The van der Waals surface area contributed by atoms with Gasteiger partial charge >= 0.3 is 0 Å². The molecule has 0 aliphatic rings. The lowest BCUT2D eigenvalue weighted by Gasteiger charge is -2.20. The van der Waals surface area contributed by atoms with E-state index < -0.39 is 11.0 Å². The molecule has 0 radical (unpaired) electrons. The molecule has 3 aromatic rings. The van der Waals surface area contributed by atoms with Crippen LogP contribution >= 0.6 is 0 Å². The summed E-state index contributed by atoms with van der Waals surface area (Å²) in [6.07, 6.45) is 4.37. The number of benzene rings is 2. The normalized spacial score (nSPS) is 11.5. The van der Waals surface area contributed by atoms with Crippen LogP contribution in [-0.4, -0.2) is 41.1 Å². The smallest absolute Gasteiger partial charge is 0.269 e. The Morgan fingerprint density at radius 2 is 1.82 bits per heavy atom. The second-order valence-electron chi connectivity index (χ2n) is 7.38. The molecular formula is C23H27N5O5. The fourth-order valence-electron chi connectivity index (χ4n) is 3.36. The Hall–Kier alpha value is -4.08. The molecule has 0 saturated heterocycles. The Kier molecular flexibility index (Phi) is 7.85. The monoisotopic (exact) mass is 453 g/mol. The summed E-state index contributed by atoms with van der Waals surface area (Å²) in [5, 5.41) is 17.0. The van der Waals surface area contributed by atoms with Crippen molar-refractivity contribution in [1.29, 1.82) is 0 Å². The number of rotatable bonds is 11. The number of ether oxygens (including phenoxy) is 2. The summed E-state index contributed by atoms with van der Waals surface area (Å²) >= 11 is 0. The first-order valence-corrected chi connectivity index (χ1v) is 10.4. The van der Waals surface area contributed by atoms with Gasteiger partial charge in [-0.05, 0) is 36.2 Å². The van der Waals surface area contributed by atoms with E-state index in [4.69, 9.17) is 9.47 Å². The molecule has 10 nitrogen and oxygen atoms in total. The molecule has 0 aliphatic carbocycles. The zero-order chi connectivity index (χ0) is 23.8. The average molecular weight is 453 g/mol. The molecular weight excluding hydrogens is 426 g/mol. The van der Waals surface area contributed by atoms with E-state index in [2.05, 4.69) is 15.6 Å². The first kappa shape index (κ1) is 23.6.